The minimum absolute atomic E-state index is 0.257. The summed E-state index contributed by atoms with van der Waals surface area (Å²) in [6, 6.07) is 5.06. The minimum atomic E-state index is 0.257. The first-order valence-electron chi connectivity index (χ1n) is 7.17. The minimum Gasteiger partial charge on any atom is -0.495 e. The van der Waals surface area contributed by atoms with E-state index in [9.17, 15) is 0 Å². The van der Waals surface area contributed by atoms with Gasteiger partial charge in [0.15, 0.2) is 11.6 Å². The molecule has 0 bridgehead atoms. The summed E-state index contributed by atoms with van der Waals surface area (Å²) in [4.78, 5) is 4.32. The number of ether oxygens (including phenoxy) is 2. The molecule has 0 aliphatic rings. The lowest BCUT2D eigenvalue weighted by Crippen LogP contribution is -2.04. The van der Waals surface area contributed by atoms with E-state index in [2.05, 4.69) is 31.0 Å². The maximum absolute atomic E-state index is 6.10. The molecule has 3 aromatic rings. The third-order valence-corrected chi connectivity index (χ3v) is 3.46. The fourth-order valence-electron chi connectivity index (χ4n) is 2.05. The Hall–Kier alpha value is -3.07. The van der Waals surface area contributed by atoms with Gasteiger partial charge in [0.25, 0.3) is 0 Å². The van der Waals surface area contributed by atoms with Crippen molar-refractivity contribution in [1.29, 1.82) is 0 Å². The number of halogens is 1. The monoisotopic (exact) mass is 362 g/mol. The zero-order valence-corrected chi connectivity index (χ0v) is 14.5. The van der Waals surface area contributed by atoms with Gasteiger partial charge in [-0.15, -0.1) is 5.10 Å². The van der Waals surface area contributed by atoms with Gasteiger partial charge in [0.1, 0.15) is 17.3 Å². The van der Waals surface area contributed by atoms with Gasteiger partial charge in [-0.3, -0.25) is 0 Å². The van der Waals surface area contributed by atoms with Crippen molar-refractivity contribution in [3.05, 3.63) is 35.2 Å². The predicted octanol–water partition coefficient (Wildman–Crippen LogP) is 3.33. The van der Waals surface area contributed by atoms with Crippen LogP contribution in [0, 0.1) is 6.92 Å². The van der Waals surface area contributed by atoms with Crippen molar-refractivity contribution in [2.75, 3.05) is 24.9 Å². The van der Waals surface area contributed by atoms with Crippen molar-refractivity contribution < 1.29 is 14.0 Å². The van der Waals surface area contributed by atoms with E-state index in [0.29, 0.717) is 39.6 Å². The van der Waals surface area contributed by atoms with E-state index in [1.54, 1.807) is 25.1 Å². The molecule has 0 saturated carbocycles. The van der Waals surface area contributed by atoms with Crippen LogP contribution in [0.1, 0.15) is 5.76 Å². The van der Waals surface area contributed by atoms with Gasteiger partial charge < -0.3 is 24.6 Å². The lowest BCUT2D eigenvalue weighted by atomic mass is 10.2. The molecule has 0 spiro atoms. The number of anilines is 4. The van der Waals surface area contributed by atoms with Crippen LogP contribution >= 0.6 is 11.6 Å². The third kappa shape index (κ3) is 3.89. The van der Waals surface area contributed by atoms with Crippen LogP contribution in [-0.4, -0.2) is 34.6 Å². The Morgan fingerprint density at radius 1 is 1.04 bits per heavy atom. The van der Waals surface area contributed by atoms with Crippen molar-refractivity contribution in [3.8, 4) is 11.5 Å². The van der Waals surface area contributed by atoms with Crippen LogP contribution in [0.2, 0.25) is 5.02 Å². The summed E-state index contributed by atoms with van der Waals surface area (Å²) >= 11 is 6.10. The molecule has 0 aliphatic carbocycles. The maximum Gasteiger partial charge on any atom is 0.249 e. The zero-order chi connectivity index (χ0) is 17.8. The quantitative estimate of drug-likeness (QED) is 0.682. The van der Waals surface area contributed by atoms with E-state index in [1.165, 1.54) is 20.4 Å². The third-order valence-electron chi connectivity index (χ3n) is 3.16. The average molecular weight is 363 g/mol. The van der Waals surface area contributed by atoms with Gasteiger partial charge in [-0.1, -0.05) is 16.8 Å². The Bertz CT molecular complexity index is 885. The molecular formula is C15H15ClN6O3. The molecule has 0 aliphatic heterocycles. The Balaban J connectivity index is 1.84. The van der Waals surface area contributed by atoms with Crippen molar-refractivity contribution in [2.45, 2.75) is 6.92 Å². The van der Waals surface area contributed by atoms with Gasteiger partial charge in [-0.2, -0.15) is 10.1 Å². The summed E-state index contributed by atoms with van der Waals surface area (Å²) in [6.07, 6.45) is 1.47. The van der Waals surface area contributed by atoms with Crippen molar-refractivity contribution in [1.82, 2.24) is 20.3 Å². The molecule has 0 saturated heterocycles. The maximum atomic E-state index is 6.10. The summed E-state index contributed by atoms with van der Waals surface area (Å²) in [6.45, 7) is 1.80. The SMILES string of the molecule is COc1cc(Nc2nncc(Nc3cc(C)on3)n2)c(OC)cc1Cl. The van der Waals surface area contributed by atoms with Crippen molar-refractivity contribution in [2.24, 2.45) is 0 Å². The summed E-state index contributed by atoms with van der Waals surface area (Å²) in [7, 11) is 3.06. The molecule has 0 unspecified atom stereocenters. The smallest absolute Gasteiger partial charge is 0.249 e. The van der Waals surface area contributed by atoms with Crippen LogP contribution < -0.4 is 20.1 Å². The summed E-state index contributed by atoms with van der Waals surface area (Å²) in [5, 5.41) is 18.1. The van der Waals surface area contributed by atoms with Gasteiger partial charge in [0.05, 0.1) is 31.1 Å². The lowest BCUT2D eigenvalue weighted by molar-refractivity contribution is 0.400. The number of aryl methyl sites for hydroxylation is 1. The number of nitrogens with zero attached hydrogens (tertiary/aromatic N) is 4. The molecule has 2 heterocycles. The van der Waals surface area contributed by atoms with E-state index in [4.69, 9.17) is 25.6 Å². The predicted molar refractivity (Wildman–Crippen MR) is 92.2 cm³/mol. The van der Waals surface area contributed by atoms with E-state index in [0.717, 1.165) is 0 Å². The van der Waals surface area contributed by atoms with Crippen LogP contribution in [0.25, 0.3) is 0 Å². The normalized spacial score (nSPS) is 10.4. The fraction of sp³-hybridized carbons (Fsp3) is 0.200. The van der Waals surface area contributed by atoms with Gasteiger partial charge in [-0.05, 0) is 6.92 Å². The number of rotatable bonds is 6. The Morgan fingerprint density at radius 3 is 2.52 bits per heavy atom. The first-order valence-corrected chi connectivity index (χ1v) is 7.55. The molecule has 2 aromatic heterocycles. The van der Waals surface area contributed by atoms with Crippen LogP contribution in [0.15, 0.2) is 28.9 Å². The van der Waals surface area contributed by atoms with E-state index in [-0.39, 0.29) is 5.95 Å². The standard InChI is InChI=1S/C15H15ClN6O3/c1-8-4-13(22-25-8)19-14-7-17-21-15(20-14)18-10-6-11(23-2)9(16)5-12(10)24-3/h4-7H,1-3H3,(H2,18,19,20,21,22). The number of hydrogen-bond donors (Lipinski definition) is 2. The molecule has 25 heavy (non-hydrogen) atoms. The van der Waals surface area contributed by atoms with Crippen LogP contribution in [0.4, 0.5) is 23.3 Å². The molecule has 1 aromatic carbocycles. The van der Waals surface area contributed by atoms with E-state index in [1.807, 2.05) is 0 Å². The number of benzene rings is 1. The van der Waals surface area contributed by atoms with Crippen molar-refractivity contribution in [3.63, 3.8) is 0 Å². The van der Waals surface area contributed by atoms with Gasteiger partial charge in [0, 0.05) is 18.2 Å². The van der Waals surface area contributed by atoms with Crippen LogP contribution in [0.3, 0.4) is 0 Å². The molecule has 0 fully saturated rings. The zero-order valence-electron chi connectivity index (χ0n) is 13.7. The Morgan fingerprint density at radius 2 is 1.84 bits per heavy atom. The summed E-state index contributed by atoms with van der Waals surface area (Å²) in [5.74, 6) is 2.92. The molecule has 2 N–H and O–H groups in total. The molecule has 0 radical (unpaired) electrons. The van der Waals surface area contributed by atoms with Gasteiger partial charge in [0.2, 0.25) is 5.95 Å². The van der Waals surface area contributed by atoms with Gasteiger partial charge >= 0.3 is 0 Å². The molecular weight excluding hydrogens is 348 g/mol. The average Bonchev–Trinajstić information content (AvgIpc) is 3.01. The molecule has 0 amide bonds. The highest BCUT2D eigenvalue weighted by Gasteiger charge is 2.12. The molecule has 10 heteroatoms. The number of aromatic nitrogens is 4. The second-order valence-corrected chi connectivity index (χ2v) is 5.33. The summed E-state index contributed by atoms with van der Waals surface area (Å²) < 4.78 is 15.5. The molecule has 0 atom stereocenters. The van der Waals surface area contributed by atoms with Crippen molar-refractivity contribution >= 4 is 34.9 Å². The Labute approximate surface area is 148 Å². The number of methoxy groups -OCH3 is 2. The molecule has 3 rings (SSSR count). The first kappa shape index (κ1) is 16.8. The summed E-state index contributed by atoms with van der Waals surface area (Å²) in [5.41, 5.74) is 0.583. The highest BCUT2D eigenvalue weighted by atomic mass is 35.5. The fourth-order valence-corrected chi connectivity index (χ4v) is 2.28. The lowest BCUT2D eigenvalue weighted by Gasteiger charge is -2.13. The van der Waals surface area contributed by atoms with Crippen LogP contribution in [-0.2, 0) is 0 Å². The van der Waals surface area contributed by atoms with Crippen LogP contribution in [0.5, 0.6) is 11.5 Å². The largest absolute Gasteiger partial charge is 0.495 e. The van der Waals surface area contributed by atoms with E-state index >= 15 is 0 Å². The molecule has 130 valence electrons. The van der Waals surface area contributed by atoms with Gasteiger partial charge in [-0.25, -0.2) is 0 Å². The number of hydrogen-bond acceptors (Lipinski definition) is 9. The second kappa shape index (κ2) is 7.22. The molecule has 9 nitrogen and oxygen atoms in total. The van der Waals surface area contributed by atoms with E-state index < -0.39 is 0 Å². The highest BCUT2D eigenvalue weighted by molar-refractivity contribution is 6.32. The highest BCUT2D eigenvalue weighted by Crippen LogP contribution is 2.36. The second-order valence-electron chi connectivity index (χ2n) is 4.93. The topological polar surface area (TPSA) is 107 Å². The first-order chi connectivity index (χ1) is 12.1. The Kier molecular flexibility index (Phi) is 4.85. The number of nitrogens with one attached hydrogen (secondary N) is 2.